The van der Waals surface area contributed by atoms with Gasteiger partial charge in [-0.15, -0.1) is 0 Å². The Bertz CT molecular complexity index is 1290. The van der Waals surface area contributed by atoms with Crippen LogP contribution in [0.4, 0.5) is 0 Å². The molecule has 2 unspecified atom stereocenters. The highest BCUT2D eigenvalue weighted by atomic mass is 16.5. The first kappa shape index (κ1) is 24.8. The van der Waals surface area contributed by atoms with Crippen molar-refractivity contribution in [1.29, 1.82) is 0 Å². The number of fused-ring (bicyclic) bond motifs is 4. The van der Waals surface area contributed by atoms with E-state index in [-0.39, 0.29) is 42.8 Å². The molecule has 0 radical (unpaired) electrons. The number of ether oxygens (including phenoxy) is 2. The van der Waals surface area contributed by atoms with Crippen molar-refractivity contribution >= 4 is 23.8 Å². The van der Waals surface area contributed by atoms with Crippen molar-refractivity contribution in [2.75, 3.05) is 6.61 Å². The normalized spacial score (nSPS) is 23.8. The Kier molecular flexibility index (Phi) is 6.62. The Hall–Kier alpha value is -3.88. The van der Waals surface area contributed by atoms with E-state index in [1.165, 1.54) is 4.90 Å². The van der Waals surface area contributed by atoms with Crippen LogP contribution in [0.2, 0.25) is 0 Å². The van der Waals surface area contributed by atoms with Crippen LogP contribution >= 0.6 is 0 Å². The number of aliphatic imine (C=N–C) groups is 1. The van der Waals surface area contributed by atoms with Crippen molar-refractivity contribution < 1.29 is 19.1 Å². The van der Waals surface area contributed by atoms with Crippen LogP contribution in [0.25, 0.3) is 6.08 Å². The second kappa shape index (κ2) is 9.88. The summed E-state index contributed by atoms with van der Waals surface area (Å²) in [5, 5.41) is 3.19. The number of carbonyl (C=O) groups excluding carboxylic acids is 2. The largest absolute Gasteiger partial charge is 0.494 e. The number of carbonyl (C=O) groups is 2. The second-order valence-electron chi connectivity index (χ2n) is 10.3. The molecule has 0 saturated carbocycles. The molecule has 6 bridgehead atoms. The highest BCUT2D eigenvalue weighted by Crippen LogP contribution is 2.39. The molecule has 0 spiro atoms. The third-order valence-electron chi connectivity index (χ3n) is 6.88. The molecule has 9 nitrogen and oxygen atoms in total. The maximum Gasteiger partial charge on any atom is 0.251 e. The van der Waals surface area contributed by atoms with E-state index >= 15 is 0 Å². The molecule has 0 saturated heterocycles. The SMILES string of the molecule is CCOc1ccc2cc1CN1C(=O)CC(CC/C=C/c3cnc4c(c3)C(CC(C)(C)O4)NC2=O)N=C1N. The lowest BCUT2D eigenvalue weighted by Gasteiger charge is -2.37. The Morgan fingerprint density at radius 1 is 1.27 bits per heavy atom. The van der Waals surface area contributed by atoms with E-state index in [9.17, 15) is 9.59 Å². The van der Waals surface area contributed by atoms with Crippen LogP contribution in [0.3, 0.4) is 0 Å². The number of benzene rings is 1. The summed E-state index contributed by atoms with van der Waals surface area (Å²) < 4.78 is 11.9. The predicted molar refractivity (Wildman–Crippen MR) is 140 cm³/mol. The fourth-order valence-electron chi connectivity index (χ4n) is 5.08. The smallest absolute Gasteiger partial charge is 0.251 e. The number of nitrogens with zero attached hydrogens (tertiary/aromatic N) is 3. The minimum Gasteiger partial charge on any atom is -0.494 e. The van der Waals surface area contributed by atoms with Crippen LogP contribution in [0.15, 0.2) is 41.5 Å². The van der Waals surface area contributed by atoms with Crippen molar-refractivity contribution in [2.24, 2.45) is 10.7 Å². The van der Waals surface area contributed by atoms with Crippen LogP contribution in [-0.4, -0.2) is 45.9 Å². The standard InChI is InChI=1S/C28H33N5O4/c1-4-36-23-10-9-18-12-19(23)16-33-24(34)13-20(31-27(33)29)8-6-5-7-17-11-21-22(32-25(18)35)14-28(2,3)37-26(21)30-15-17/h5,7,9-12,15,20,22H,4,6,8,13-14,16H2,1-3H3,(H2,29,31)(H,32,35)/b7-5+. The van der Waals surface area contributed by atoms with Crippen LogP contribution in [0.1, 0.15) is 79.5 Å². The molecular weight excluding hydrogens is 470 g/mol. The summed E-state index contributed by atoms with van der Waals surface area (Å²) in [6.07, 6.45) is 8.16. The van der Waals surface area contributed by atoms with Crippen molar-refractivity contribution in [3.63, 3.8) is 0 Å². The number of hydrogen-bond acceptors (Lipinski definition) is 7. The Balaban J connectivity index is 1.57. The van der Waals surface area contributed by atoms with Gasteiger partial charge >= 0.3 is 0 Å². The van der Waals surface area contributed by atoms with Crippen LogP contribution in [0.5, 0.6) is 11.6 Å². The Labute approximate surface area is 216 Å². The van der Waals surface area contributed by atoms with Crippen molar-refractivity contribution in [3.05, 3.63) is 58.8 Å². The van der Waals surface area contributed by atoms with E-state index in [1.54, 1.807) is 24.4 Å². The van der Waals surface area contributed by atoms with Gasteiger partial charge in [0.15, 0.2) is 5.96 Å². The summed E-state index contributed by atoms with van der Waals surface area (Å²) >= 11 is 0. The van der Waals surface area contributed by atoms with Crippen LogP contribution in [0, 0.1) is 0 Å². The number of aromatic nitrogens is 1. The fraction of sp³-hybridized carbons (Fsp3) is 0.429. The molecule has 4 aliphatic rings. The van der Waals surface area contributed by atoms with Gasteiger partial charge in [-0.1, -0.05) is 12.2 Å². The third-order valence-corrected chi connectivity index (χ3v) is 6.88. The van der Waals surface area contributed by atoms with Crippen molar-refractivity contribution in [3.8, 4) is 11.6 Å². The molecular formula is C28H33N5O4. The van der Waals surface area contributed by atoms with Gasteiger partial charge in [-0.05, 0) is 63.4 Å². The van der Waals surface area contributed by atoms with Crippen LogP contribution < -0.4 is 20.5 Å². The zero-order valence-corrected chi connectivity index (χ0v) is 21.5. The lowest BCUT2D eigenvalue weighted by molar-refractivity contribution is -0.128. The molecule has 2 aromatic rings. The Morgan fingerprint density at radius 2 is 2.11 bits per heavy atom. The van der Waals surface area contributed by atoms with Gasteiger partial charge in [-0.2, -0.15) is 0 Å². The highest BCUT2D eigenvalue weighted by molar-refractivity contribution is 5.99. The summed E-state index contributed by atoms with van der Waals surface area (Å²) in [4.78, 5) is 37.1. The molecule has 3 N–H and O–H groups in total. The molecule has 37 heavy (non-hydrogen) atoms. The van der Waals surface area contributed by atoms with Gasteiger partial charge < -0.3 is 20.5 Å². The molecule has 6 rings (SSSR count). The summed E-state index contributed by atoms with van der Waals surface area (Å²) in [6, 6.07) is 6.84. The predicted octanol–water partition coefficient (Wildman–Crippen LogP) is 3.74. The molecule has 9 heteroatoms. The summed E-state index contributed by atoms with van der Waals surface area (Å²) in [6.45, 7) is 6.50. The number of nitrogens with two attached hydrogens (primary N) is 1. The van der Waals surface area contributed by atoms with E-state index in [0.29, 0.717) is 42.2 Å². The maximum absolute atomic E-state index is 13.5. The van der Waals surface area contributed by atoms with E-state index in [0.717, 1.165) is 17.5 Å². The number of pyridine rings is 1. The first-order valence-electron chi connectivity index (χ1n) is 12.8. The molecule has 2 amide bonds. The molecule has 194 valence electrons. The Morgan fingerprint density at radius 3 is 2.89 bits per heavy atom. The quantitative estimate of drug-likeness (QED) is 0.645. The molecule has 4 aliphatic heterocycles. The van der Waals surface area contributed by atoms with Gasteiger partial charge in [0.05, 0.1) is 25.2 Å². The first-order chi connectivity index (χ1) is 17.7. The maximum atomic E-state index is 13.5. The van der Waals surface area contributed by atoms with Gasteiger partial charge in [0.1, 0.15) is 11.4 Å². The minimum absolute atomic E-state index is 0.0891. The lowest BCUT2D eigenvalue weighted by atomic mass is 9.90. The molecule has 0 aliphatic carbocycles. The summed E-state index contributed by atoms with van der Waals surface area (Å²) in [5.41, 5.74) is 8.68. The average Bonchev–Trinajstić information content (AvgIpc) is 2.84. The summed E-state index contributed by atoms with van der Waals surface area (Å²) in [7, 11) is 0. The van der Waals surface area contributed by atoms with Gasteiger partial charge in [0, 0.05) is 35.7 Å². The number of hydrogen-bond donors (Lipinski definition) is 2. The summed E-state index contributed by atoms with van der Waals surface area (Å²) in [5.74, 6) is 1.01. The van der Waals surface area contributed by atoms with E-state index in [1.807, 2.05) is 32.9 Å². The number of guanidine groups is 1. The highest BCUT2D eigenvalue weighted by Gasteiger charge is 2.36. The second-order valence-corrected chi connectivity index (χ2v) is 10.3. The topological polar surface area (TPSA) is 119 Å². The minimum atomic E-state index is -0.486. The molecule has 2 atom stereocenters. The zero-order chi connectivity index (χ0) is 26.2. The van der Waals surface area contributed by atoms with Crippen molar-refractivity contribution in [2.45, 2.75) is 70.7 Å². The third kappa shape index (κ3) is 5.30. The number of allylic oxidation sites excluding steroid dienone is 1. The zero-order valence-electron chi connectivity index (χ0n) is 21.5. The van der Waals surface area contributed by atoms with Gasteiger partial charge in [0.25, 0.3) is 5.91 Å². The van der Waals surface area contributed by atoms with Crippen LogP contribution in [-0.2, 0) is 11.3 Å². The number of amides is 2. The molecule has 1 aromatic heterocycles. The van der Waals surface area contributed by atoms with E-state index in [4.69, 9.17) is 15.2 Å². The lowest BCUT2D eigenvalue weighted by Crippen LogP contribution is -2.46. The van der Waals surface area contributed by atoms with Gasteiger partial charge in [-0.3, -0.25) is 14.5 Å². The van der Waals surface area contributed by atoms with E-state index < -0.39 is 5.60 Å². The molecule has 0 fully saturated rings. The number of nitrogens with one attached hydrogen (secondary N) is 1. The molecule has 1 aromatic carbocycles. The first-order valence-corrected chi connectivity index (χ1v) is 12.8. The van der Waals surface area contributed by atoms with Crippen molar-refractivity contribution in [1.82, 2.24) is 15.2 Å². The van der Waals surface area contributed by atoms with Gasteiger partial charge in [-0.25, -0.2) is 9.98 Å². The van der Waals surface area contributed by atoms with Gasteiger partial charge in [0.2, 0.25) is 11.8 Å². The monoisotopic (exact) mass is 503 g/mol. The fourth-order valence-corrected chi connectivity index (χ4v) is 5.08. The van der Waals surface area contributed by atoms with E-state index in [2.05, 4.69) is 21.4 Å². The average molecular weight is 504 g/mol. The molecule has 5 heterocycles. The number of rotatable bonds is 2.